The highest BCUT2D eigenvalue weighted by Crippen LogP contribution is 2.38. The van der Waals surface area contributed by atoms with E-state index in [1.54, 1.807) is 19.1 Å². The van der Waals surface area contributed by atoms with Crippen molar-refractivity contribution in [2.75, 3.05) is 6.61 Å². The minimum absolute atomic E-state index is 0.0398. The number of aliphatic imine (C=N–C) groups is 1. The van der Waals surface area contributed by atoms with Gasteiger partial charge in [-0.2, -0.15) is 0 Å². The fourth-order valence-corrected chi connectivity index (χ4v) is 3.13. The second-order valence-corrected chi connectivity index (χ2v) is 6.85. The number of carbonyl (C=O) groups is 2. The summed E-state index contributed by atoms with van der Waals surface area (Å²) in [6, 6.07) is 8.74. The highest BCUT2D eigenvalue weighted by atomic mass is 79.9. The average Bonchev–Trinajstić information content (AvgIpc) is 3.05. The highest BCUT2D eigenvalue weighted by molar-refractivity contribution is 9.10. The summed E-state index contributed by atoms with van der Waals surface area (Å²) in [4.78, 5) is 38.0. The third-order valence-electron chi connectivity index (χ3n) is 3.83. The van der Waals surface area contributed by atoms with Crippen LogP contribution in [0.25, 0.3) is 6.08 Å². The van der Waals surface area contributed by atoms with Crippen LogP contribution in [0.3, 0.4) is 0 Å². The predicted octanol–water partition coefficient (Wildman–Crippen LogP) is 4.03. The van der Waals surface area contributed by atoms with Crippen molar-refractivity contribution in [1.29, 1.82) is 0 Å². The Morgan fingerprint density at radius 1 is 1.30 bits per heavy atom. The van der Waals surface area contributed by atoms with Crippen LogP contribution in [0.1, 0.15) is 25.0 Å². The van der Waals surface area contributed by atoms with E-state index < -0.39 is 16.9 Å². The van der Waals surface area contributed by atoms with Gasteiger partial charge < -0.3 is 14.2 Å². The van der Waals surface area contributed by atoms with E-state index >= 15 is 0 Å². The normalized spacial score (nSPS) is 14.3. The standard InChI is InChI=1S/C20H15BrN2O7/c1-3-28-17-10-12(8-15(21)18(17)29-11(2)24)9-16-20(25)30-19(22-16)13-4-6-14(7-5-13)23(26)27/h4-10H,3H2,1-2H3/b16-9-. The lowest BCUT2D eigenvalue weighted by Crippen LogP contribution is -2.06. The molecular weight excluding hydrogens is 460 g/mol. The number of hydrogen-bond donors (Lipinski definition) is 0. The molecule has 0 saturated carbocycles. The van der Waals surface area contributed by atoms with Crippen molar-refractivity contribution in [1.82, 2.24) is 0 Å². The van der Waals surface area contributed by atoms with Crippen LogP contribution in [0.4, 0.5) is 5.69 Å². The van der Waals surface area contributed by atoms with Crippen molar-refractivity contribution < 1.29 is 28.7 Å². The smallest absolute Gasteiger partial charge is 0.363 e. The van der Waals surface area contributed by atoms with Crippen LogP contribution < -0.4 is 9.47 Å². The van der Waals surface area contributed by atoms with E-state index in [4.69, 9.17) is 14.2 Å². The van der Waals surface area contributed by atoms with Crippen molar-refractivity contribution in [2.45, 2.75) is 13.8 Å². The molecule has 0 spiro atoms. The zero-order valence-corrected chi connectivity index (χ0v) is 17.5. The summed E-state index contributed by atoms with van der Waals surface area (Å²) in [5.74, 6) is -0.571. The summed E-state index contributed by atoms with van der Waals surface area (Å²) < 4.78 is 16.3. The van der Waals surface area contributed by atoms with E-state index in [2.05, 4.69) is 20.9 Å². The number of benzene rings is 2. The number of hydrogen-bond acceptors (Lipinski definition) is 8. The number of ether oxygens (including phenoxy) is 3. The third kappa shape index (κ3) is 4.71. The maximum Gasteiger partial charge on any atom is 0.363 e. The van der Waals surface area contributed by atoms with Gasteiger partial charge in [0, 0.05) is 24.6 Å². The molecule has 0 bridgehead atoms. The van der Waals surface area contributed by atoms with Gasteiger partial charge in [-0.1, -0.05) is 0 Å². The molecule has 0 saturated heterocycles. The lowest BCUT2D eigenvalue weighted by molar-refractivity contribution is -0.384. The summed E-state index contributed by atoms with van der Waals surface area (Å²) >= 11 is 3.33. The molecule has 2 aromatic rings. The molecule has 10 heteroatoms. The van der Waals surface area contributed by atoms with Crippen molar-refractivity contribution in [3.8, 4) is 11.5 Å². The molecule has 2 aromatic carbocycles. The van der Waals surface area contributed by atoms with Gasteiger partial charge in [-0.3, -0.25) is 14.9 Å². The number of nitro groups is 1. The van der Waals surface area contributed by atoms with Crippen LogP contribution in [-0.2, 0) is 14.3 Å². The number of carbonyl (C=O) groups excluding carboxylic acids is 2. The monoisotopic (exact) mass is 474 g/mol. The van der Waals surface area contributed by atoms with Crippen LogP contribution in [0.2, 0.25) is 0 Å². The van der Waals surface area contributed by atoms with Crippen LogP contribution in [0.15, 0.2) is 51.6 Å². The average molecular weight is 475 g/mol. The zero-order valence-electron chi connectivity index (χ0n) is 15.9. The second-order valence-electron chi connectivity index (χ2n) is 6.00. The first kappa shape index (κ1) is 21.2. The predicted molar refractivity (Wildman–Crippen MR) is 110 cm³/mol. The number of nitro benzene ring substituents is 1. The Bertz CT molecular complexity index is 1090. The van der Waals surface area contributed by atoms with E-state index in [1.807, 2.05) is 0 Å². The number of nitrogens with zero attached hydrogens (tertiary/aromatic N) is 2. The lowest BCUT2D eigenvalue weighted by atomic mass is 10.1. The minimum atomic E-state index is -0.665. The molecule has 0 radical (unpaired) electrons. The third-order valence-corrected chi connectivity index (χ3v) is 4.42. The molecule has 0 aliphatic carbocycles. The molecule has 1 heterocycles. The van der Waals surface area contributed by atoms with Crippen LogP contribution in [0.5, 0.6) is 11.5 Å². The van der Waals surface area contributed by atoms with E-state index in [9.17, 15) is 19.7 Å². The Labute approximate surface area is 179 Å². The van der Waals surface area contributed by atoms with Gasteiger partial charge >= 0.3 is 11.9 Å². The molecular formula is C20H15BrN2O7. The van der Waals surface area contributed by atoms with Gasteiger partial charge in [0.15, 0.2) is 17.2 Å². The van der Waals surface area contributed by atoms with Crippen molar-refractivity contribution in [2.24, 2.45) is 4.99 Å². The van der Waals surface area contributed by atoms with Crippen LogP contribution in [-0.4, -0.2) is 29.4 Å². The first-order valence-electron chi connectivity index (χ1n) is 8.70. The maximum absolute atomic E-state index is 12.2. The summed E-state index contributed by atoms with van der Waals surface area (Å²) in [6.45, 7) is 3.40. The van der Waals surface area contributed by atoms with Crippen molar-refractivity contribution >= 4 is 45.5 Å². The molecule has 1 aliphatic rings. The molecule has 0 unspecified atom stereocenters. The number of cyclic esters (lactones) is 1. The first-order valence-corrected chi connectivity index (χ1v) is 9.50. The van der Waals surface area contributed by atoms with Gasteiger partial charge in [0.2, 0.25) is 5.90 Å². The Balaban J connectivity index is 1.94. The summed E-state index contributed by atoms with van der Waals surface area (Å²) in [5.41, 5.74) is 0.944. The molecule has 9 nitrogen and oxygen atoms in total. The Hall–Kier alpha value is -3.53. The number of esters is 2. The molecule has 0 atom stereocenters. The van der Waals surface area contributed by atoms with Gasteiger partial charge in [0.1, 0.15) is 0 Å². The van der Waals surface area contributed by atoms with Crippen molar-refractivity contribution in [3.63, 3.8) is 0 Å². The van der Waals surface area contributed by atoms with Gasteiger partial charge in [0.05, 0.1) is 16.0 Å². The molecule has 3 rings (SSSR count). The highest BCUT2D eigenvalue weighted by Gasteiger charge is 2.25. The van der Waals surface area contributed by atoms with E-state index in [1.165, 1.54) is 37.3 Å². The van der Waals surface area contributed by atoms with Crippen LogP contribution >= 0.6 is 15.9 Å². The van der Waals surface area contributed by atoms with Gasteiger partial charge in [-0.15, -0.1) is 0 Å². The van der Waals surface area contributed by atoms with E-state index in [-0.39, 0.29) is 23.0 Å². The molecule has 0 N–H and O–H groups in total. The van der Waals surface area contributed by atoms with Gasteiger partial charge in [0.25, 0.3) is 5.69 Å². The SMILES string of the molecule is CCOc1cc(/C=C2\N=C(c3ccc([N+](=O)[O-])cc3)OC2=O)cc(Br)c1OC(C)=O. The Morgan fingerprint density at radius 3 is 2.60 bits per heavy atom. The summed E-state index contributed by atoms with van der Waals surface area (Å²) in [5, 5.41) is 10.8. The summed E-state index contributed by atoms with van der Waals surface area (Å²) in [6.07, 6.45) is 1.49. The fraction of sp³-hybridized carbons (Fsp3) is 0.150. The number of halogens is 1. The molecule has 154 valence electrons. The molecule has 0 amide bonds. The van der Waals surface area contributed by atoms with E-state index in [0.29, 0.717) is 28.0 Å². The van der Waals surface area contributed by atoms with Crippen molar-refractivity contribution in [3.05, 3.63) is 67.8 Å². The Morgan fingerprint density at radius 2 is 2.00 bits per heavy atom. The molecule has 30 heavy (non-hydrogen) atoms. The molecule has 1 aliphatic heterocycles. The van der Waals surface area contributed by atoms with E-state index in [0.717, 1.165) is 0 Å². The second kappa shape index (κ2) is 8.87. The quantitative estimate of drug-likeness (QED) is 0.204. The maximum atomic E-state index is 12.2. The van der Waals surface area contributed by atoms with Gasteiger partial charge in [-0.05, 0) is 58.8 Å². The van der Waals surface area contributed by atoms with Gasteiger partial charge in [-0.25, -0.2) is 9.79 Å². The number of rotatable bonds is 6. The Kier molecular flexibility index (Phi) is 6.26. The minimum Gasteiger partial charge on any atom is -0.490 e. The topological polar surface area (TPSA) is 117 Å². The fourth-order valence-electron chi connectivity index (χ4n) is 2.59. The summed E-state index contributed by atoms with van der Waals surface area (Å²) in [7, 11) is 0. The zero-order chi connectivity index (χ0) is 21.8. The molecule has 0 fully saturated rings. The molecule has 0 aromatic heterocycles. The largest absolute Gasteiger partial charge is 0.490 e. The number of non-ortho nitro benzene ring substituents is 1. The lowest BCUT2D eigenvalue weighted by Gasteiger charge is -2.12. The first-order chi connectivity index (χ1) is 14.3. The van der Waals surface area contributed by atoms with Crippen LogP contribution in [0, 0.1) is 10.1 Å².